The highest BCUT2D eigenvalue weighted by atomic mass is 16.5. The van der Waals surface area contributed by atoms with Gasteiger partial charge in [0.2, 0.25) is 0 Å². The van der Waals surface area contributed by atoms with E-state index < -0.39 is 17.5 Å². The molecule has 5 nitrogen and oxygen atoms in total. The van der Waals surface area contributed by atoms with E-state index in [0.29, 0.717) is 17.0 Å². The number of rotatable bonds is 2. The van der Waals surface area contributed by atoms with E-state index in [1.807, 2.05) is 0 Å². The van der Waals surface area contributed by atoms with Gasteiger partial charge in [-0.25, -0.2) is 0 Å². The van der Waals surface area contributed by atoms with Crippen LogP contribution in [0.15, 0.2) is 18.2 Å². The van der Waals surface area contributed by atoms with Crippen molar-refractivity contribution >= 4 is 17.6 Å². The summed E-state index contributed by atoms with van der Waals surface area (Å²) in [6.07, 6.45) is -0.518. The third kappa shape index (κ3) is 2.05. The van der Waals surface area contributed by atoms with Gasteiger partial charge in [-0.2, -0.15) is 0 Å². The molecule has 102 valence electrons. The fourth-order valence-electron chi connectivity index (χ4n) is 2.02. The lowest BCUT2D eigenvalue weighted by atomic mass is 9.84. The van der Waals surface area contributed by atoms with E-state index >= 15 is 0 Å². The molecule has 19 heavy (non-hydrogen) atoms. The number of carboxylic acids is 1. The molecule has 1 unspecified atom stereocenters. The van der Waals surface area contributed by atoms with Gasteiger partial charge < -0.3 is 14.7 Å². The summed E-state index contributed by atoms with van der Waals surface area (Å²) in [7, 11) is 1.66. The molecule has 0 bridgehead atoms. The lowest BCUT2D eigenvalue weighted by Gasteiger charge is -2.31. The maximum atomic E-state index is 11.9. The summed E-state index contributed by atoms with van der Waals surface area (Å²) in [6.45, 7) is 4.95. The summed E-state index contributed by atoms with van der Waals surface area (Å²) in [5.74, 6) is -0.455. The van der Waals surface area contributed by atoms with Crippen LogP contribution >= 0.6 is 0 Å². The highest BCUT2D eigenvalue weighted by Crippen LogP contribution is 2.37. The minimum absolute atomic E-state index is 0.141. The molecule has 1 aliphatic heterocycles. The highest BCUT2D eigenvalue weighted by molar-refractivity contribution is 5.99. The van der Waals surface area contributed by atoms with E-state index in [9.17, 15) is 14.7 Å². The number of nitrogens with zero attached hydrogens (tertiary/aromatic N) is 1. The molecule has 1 aromatic carbocycles. The van der Waals surface area contributed by atoms with Gasteiger partial charge in [-0.1, -0.05) is 6.07 Å². The molecule has 0 spiro atoms. The minimum atomic E-state index is -1.01. The van der Waals surface area contributed by atoms with Crippen molar-refractivity contribution in [2.75, 3.05) is 11.9 Å². The smallest absolute Gasteiger partial charge is 0.313 e. The molecule has 2 rings (SSSR count). The second-order valence-corrected chi connectivity index (χ2v) is 5.27. The van der Waals surface area contributed by atoms with Crippen LogP contribution in [0.1, 0.15) is 26.3 Å². The number of carboxylic acid groups (broad SMARTS) is 1. The van der Waals surface area contributed by atoms with Gasteiger partial charge in [0.1, 0.15) is 5.75 Å². The molecule has 1 atom stereocenters. The van der Waals surface area contributed by atoms with Crippen LogP contribution in [0.2, 0.25) is 0 Å². The van der Waals surface area contributed by atoms with Gasteiger partial charge in [0.25, 0.3) is 5.91 Å². The third-order valence-electron chi connectivity index (χ3n) is 3.56. The van der Waals surface area contributed by atoms with E-state index in [1.54, 1.807) is 46.0 Å². The average Bonchev–Trinajstić information content (AvgIpc) is 2.35. The van der Waals surface area contributed by atoms with Crippen molar-refractivity contribution in [2.45, 2.75) is 32.3 Å². The monoisotopic (exact) mass is 263 g/mol. The topological polar surface area (TPSA) is 66.8 Å². The van der Waals surface area contributed by atoms with Gasteiger partial charge in [0, 0.05) is 7.05 Å². The number of likely N-dealkylation sites (N-methyl/N-ethyl adjacent to an activating group) is 1. The number of carbonyl (C=O) groups is 2. The molecular formula is C14H17NO4. The first-order chi connectivity index (χ1) is 8.75. The van der Waals surface area contributed by atoms with E-state index in [4.69, 9.17) is 4.74 Å². The number of benzene rings is 1. The number of aliphatic carboxylic acids is 1. The standard InChI is InChI=1S/C14H17NO4/c1-8-12(16)15(4)10-7-9(5-6-11(10)19-8)14(2,3)13(17)18/h5-8H,1-4H3,(H,17,18). The van der Waals surface area contributed by atoms with Crippen LogP contribution in [0, 0.1) is 0 Å². The normalized spacial score (nSPS) is 18.8. The first-order valence-electron chi connectivity index (χ1n) is 6.07. The van der Waals surface area contributed by atoms with Crippen LogP contribution in [0.3, 0.4) is 0 Å². The maximum absolute atomic E-state index is 11.9. The zero-order valence-corrected chi connectivity index (χ0v) is 11.4. The van der Waals surface area contributed by atoms with Crippen molar-refractivity contribution in [1.29, 1.82) is 0 Å². The van der Waals surface area contributed by atoms with Gasteiger partial charge in [0.05, 0.1) is 11.1 Å². The van der Waals surface area contributed by atoms with Gasteiger partial charge >= 0.3 is 5.97 Å². The Balaban J connectivity index is 2.51. The van der Waals surface area contributed by atoms with Crippen molar-refractivity contribution in [3.05, 3.63) is 23.8 Å². The van der Waals surface area contributed by atoms with Gasteiger partial charge in [0.15, 0.2) is 6.10 Å². The molecule has 0 saturated carbocycles. The Morgan fingerprint density at radius 1 is 1.42 bits per heavy atom. The number of ether oxygens (including phenoxy) is 1. The summed E-state index contributed by atoms with van der Waals surface area (Å²) < 4.78 is 5.50. The predicted molar refractivity (Wildman–Crippen MR) is 70.6 cm³/mol. The van der Waals surface area contributed by atoms with Crippen molar-refractivity contribution < 1.29 is 19.4 Å². The highest BCUT2D eigenvalue weighted by Gasteiger charge is 2.33. The largest absolute Gasteiger partial charge is 0.481 e. The SMILES string of the molecule is CC1Oc2ccc(C(C)(C)C(=O)O)cc2N(C)C1=O. The second kappa shape index (κ2) is 4.26. The number of anilines is 1. The summed E-state index contributed by atoms with van der Waals surface area (Å²) in [5.41, 5.74) is 0.230. The molecule has 0 radical (unpaired) electrons. The van der Waals surface area contributed by atoms with Crippen LogP contribution < -0.4 is 9.64 Å². The molecule has 1 N–H and O–H groups in total. The Bertz CT molecular complexity index is 550. The molecule has 0 saturated heterocycles. The van der Waals surface area contributed by atoms with Crippen molar-refractivity contribution in [3.8, 4) is 5.75 Å². The first kappa shape index (κ1) is 13.4. The Morgan fingerprint density at radius 2 is 2.05 bits per heavy atom. The number of hydrogen-bond donors (Lipinski definition) is 1. The van der Waals surface area contributed by atoms with Crippen molar-refractivity contribution in [1.82, 2.24) is 0 Å². The van der Waals surface area contributed by atoms with Gasteiger partial charge in [-0.05, 0) is 38.5 Å². The van der Waals surface area contributed by atoms with E-state index in [2.05, 4.69) is 0 Å². The molecule has 1 aliphatic rings. The molecule has 0 fully saturated rings. The maximum Gasteiger partial charge on any atom is 0.313 e. The average molecular weight is 263 g/mol. The van der Waals surface area contributed by atoms with E-state index in [1.165, 1.54) is 4.90 Å². The molecular weight excluding hydrogens is 246 g/mol. The summed E-state index contributed by atoms with van der Waals surface area (Å²) in [6, 6.07) is 5.14. The zero-order valence-electron chi connectivity index (χ0n) is 11.4. The fraction of sp³-hybridized carbons (Fsp3) is 0.429. The van der Waals surface area contributed by atoms with Gasteiger partial charge in [-0.3, -0.25) is 9.59 Å². The van der Waals surface area contributed by atoms with Gasteiger partial charge in [-0.15, -0.1) is 0 Å². The van der Waals surface area contributed by atoms with Crippen LogP contribution in [-0.4, -0.2) is 30.1 Å². The van der Waals surface area contributed by atoms with Crippen molar-refractivity contribution in [3.63, 3.8) is 0 Å². The molecule has 5 heteroatoms. The Morgan fingerprint density at radius 3 is 2.63 bits per heavy atom. The number of fused-ring (bicyclic) bond motifs is 1. The van der Waals surface area contributed by atoms with Crippen molar-refractivity contribution in [2.24, 2.45) is 0 Å². The Labute approximate surface area is 111 Å². The first-order valence-corrected chi connectivity index (χ1v) is 6.07. The van der Waals surface area contributed by atoms with E-state index in [-0.39, 0.29) is 5.91 Å². The number of carbonyl (C=O) groups excluding carboxylic acids is 1. The Hall–Kier alpha value is -2.04. The Kier molecular flexibility index (Phi) is 3.00. The van der Waals surface area contributed by atoms with Crippen LogP contribution in [0.25, 0.3) is 0 Å². The van der Waals surface area contributed by atoms with E-state index in [0.717, 1.165) is 0 Å². The fourth-order valence-corrected chi connectivity index (χ4v) is 2.02. The molecule has 0 aromatic heterocycles. The quantitative estimate of drug-likeness (QED) is 0.883. The molecule has 1 heterocycles. The summed E-state index contributed by atoms with van der Waals surface area (Å²) in [5, 5.41) is 9.25. The molecule has 0 aliphatic carbocycles. The number of hydrogen-bond acceptors (Lipinski definition) is 3. The molecule has 1 aromatic rings. The van der Waals surface area contributed by atoms with Crippen LogP contribution in [-0.2, 0) is 15.0 Å². The second-order valence-electron chi connectivity index (χ2n) is 5.27. The lowest BCUT2D eigenvalue weighted by Crippen LogP contribution is -2.42. The van der Waals surface area contributed by atoms with Crippen LogP contribution in [0.5, 0.6) is 5.75 Å². The molecule has 1 amide bonds. The third-order valence-corrected chi connectivity index (χ3v) is 3.56. The summed E-state index contributed by atoms with van der Waals surface area (Å²) in [4.78, 5) is 24.6. The summed E-state index contributed by atoms with van der Waals surface area (Å²) >= 11 is 0. The predicted octanol–water partition coefficient (Wildman–Crippen LogP) is 1.79. The zero-order chi connectivity index (χ0) is 14.4. The minimum Gasteiger partial charge on any atom is -0.481 e. The number of amides is 1. The van der Waals surface area contributed by atoms with Crippen LogP contribution in [0.4, 0.5) is 5.69 Å². The lowest BCUT2D eigenvalue weighted by molar-refractivity contribution is -0.142.